The fraction of sp³-hybridized carbons (Fsp3) is 0.375. The van der Waals surface area contributed by atoms with E-state index >= 15 is 0 Å². The molecule has 5 rings (SSSR count). The van der Waals surface area contributed by atoms with Crippen LogP contribution in [-0.2, 0) is 27.4 Å². The number of carbonyl (C=O) groups is 2. The summed E-state index contributed by atoms with van der Waals surface area (Å²) >= 11 is 0. The van der Waals surface area contributed by atoms with E-state index in [2.05, 4.69) is 0 Å². The second kappa shape index (κ2) is 8.70. The fourth-order valence-corrected chi connectivity index (χ4v) is 4.53. The summed E-state index contributed by atoms with van der Waals surface area (Å²) in [6.45, 7) is 3.44. The number of amides is 2. The Hall–Kier alpha value is -3.26. The first-order valence-electron chi connectivity index (χ1n) is 10.9. The van der Waals surface area contributed by atoms with Crippen molar-refractivity contribution >= 4 is 22.8 Å². The standard InChI is InChI=1S/C24H25FN4O3/c25-19-7-5-17(6-8-19)14-28-15-18(13-22(28)30)24-26-20-3-1-2-4-21(20)29(24)16-23(31)27-9-11-32-12-10-27/h1-8,18H,9-16H2. The number of para-hydroxylation sites is 2. The van der Waals surface area contributed by atoms with Gasteiger partial charge in [-0.2, -0.15) is 0 Å². The van der Waals surface area contributed by atoms with Gasteiger partial charge in [0.15, 0.2) is 0 Å². The molecule has 7 nitrogen and oxygen atoms in total. The molecule has 3 heterocycles. The second-order valence-corrected chi connectivity index (χ2v) is 8.34. The number of fused-ring (bicyclic) bond motifs is 1. The van der Waals surface area contributed by atoms with Gasteiger partial charge in [0, 0.05) is 38.5 Å². The van der Waals surface area contributed by atoms with E-state index in [-0.39, 0.29) is 30.1 Å². The third-order valence-electron chi connectivity index (χ3n) is 6.21. The molecular weight excluding hydrogens is 411 g/mol. The van der Waals surface area contributed by atoms with Crippen molar-refractivity contribution in [3.05, 3.63) is 65.7 Å². The van der Waals surface area contributed by atoms with Crippen LogP contribution in [0, 0.1) is 5.82 Å². The zero-order valence-electron chi connectivity index (χ0n) is 17.7. The molecule has 2 saturated heterocycles. The summed E-state index contributed by atoms with van der Waals surface area (Å²) in [5.74, 6) is 0.441. The lowest BCUT2D eigenvalue weighted by molar-refractivity contribution is -0.135. The Kier molecular flexibility index (Phi) is 5.61. The lowest BCUT2D eigenvalue weighted by Gasteiger charge is -2.27. The van der Waals surface area contributed by atoms with Crippen LogP contribution in [0.5, 0.6) is 0 Å². The number of halogens is 1. The molecule has 2 fully saturated rings. The van der Waals surface area contributed by atoms with Crippen molar-refractivity contribution in [1.82, 2.24) is 19.4 Å². The minimum atomic E-state index is -0.293. The highest BCUT2D eigenvalue weighted by Gasteiger charge is 2.34. The van der Waals surface area contributed by atoms with Crippen LogP contribution in [-0.4, -0.2) is 64.0 Å². The van der Waals surface area contributed by atoms with E-state index in [1.807, 2.05) is 33.7 Å². The predicted octanol–water partition coefficient (Wildman–Crippen LogP) is 2.55. The molecule has 0 radical (unpaired) electrons. The van der Waals surface area contributed by atoms with E-state index in [1.165, 1.54) is 12.1 Å². The van der Waals surface area contributed by atoms with Crippen LogP contribution in [0.1, 0.15) is 23.7 Å². The van der Waals surface area contributed by atoms with Crippen molar-refractivity contribution in [3.63, 3.8) is 0 Å². The van der Waals surface area contributed by atoms with Gasteiger partial charge in [-0.3, -0.25) is 9.59 Å². The smallest absolute Gasteiger partial charge is 0.242 e. The van der Waals surface area contributed by atoms with Gasteiger partial charge in [0.2, 0.25) is 11.8 Å². The van der Waals surface area contributed by atoms with Crippen molar-refractivity contribution in [2.24, 2.45) is 0 Å². The van der Waals surface area contributed by atoms with Crippen molar-refractivity contribution in [2.75, 3.05) is 32.8 Å². The topological polar surface area (TPSA) is 67.7 Å². The van der Waals surface area contributed by atoms with Crippen LogP contribution >= 0.6 is 0 Å². The molecule has 1 unspecified atom stereocenters. The molecule has 1 atom stereocenters. The minimum absolute atomic E-state index is 0.0326. The molecular formula is C24H25FN4O3. The van der Waals surface area contributed by atoms with E-state index in [0.717, 1.165) is 22.4 Å². The van der Waals surface area contributed by atoms with Crippen LogP contribution in [0.25, 0.3) is 11.0 Å². The normalized spacial score (nSPS) is 19.2. The summed E-state index contributed by atoms with van der Waals surface area (Å²) in [7, 11) is 0. The largest absolute Gasteiger partial charge is 0.378 e. The number of aromatic nitrogens is 2. The minimum Gasteiger partial charge on any atom is -0.378 e. The van der Waals surface area contributed by atoms with Crippen molar-refractivity contribution in [2.45, 2.75) is 25.4 Å². The first-order valence-corrected chi connectivity index (χ1v) is 10.9. The lowest BCUT2D eigenvalue weighted by Crippen LogP contribution is -2.42. The quantitative estimate of drug-likeness (QED) is 0.617. The second-order valence-electron chi connectivity index (χ2n) is 8.34. The average molecular weight is 436 g/mol. The number of hydrogen-bond donors (Lipinski definition) is 0. The molecule has 32 heavy (non-hydrogen) atoms. The summed E-state index contributed by atoms with van der Waals surface area (Å²) in [6, 6.07) is 14.0. The third kappa shape index (κ3) is 4.10. The number of rotatable bonds is 5. The number of benzene rings is 2. The van der Waals surface area contributed by atoms with Gasteiger partial charge in [-0.1, -0.05) is 24.3 Å². The Balaban J connectivity index is 1.39. The Morgan fingerprint density at radius 1 is 1.09 bits per heavy atom. The summed E-state index contributed by atoms with van der Waals surface area (Å²) in [5, 5.41) is 0. The number of hydrogen-bond acceptors (Lipinski definition) is 4. The summed E-state index contributed by atoms with van der Waals surface area (Å²) in [5.41, 5.74) is 2.60. The van der Waals surface area contributed by atoms with Crippen molar-refractivity contribution in [3.8, 4) is 0 Å². The number of likely N-dealkylation sites (tertiary alicyclic amines) is 1. The maximum absolute atomic E-state index is 13.2. The SMILES string of the molecule is O=C(Cn1c(C2CC(=O)N(Cc3ccc(F)cc3)C2)nc2ccccc21)N1CCOCC1. The summed E-state index contributed by atoms with van der Waals surface area (Å²) in [4.78, 5) is 34.2. The number of carbonyl (C=O) groups excluding carboxylic acids is 2. The maximum atomic E-state index is 13.2. The van der Waals surface area contributed by atoms with Crippen LogP contribution in [0.15, 0.2) is 48.5 Å². The van der Waals surface area contributed by atoms with E-state index in [4.69, 9.17) is 9.72 Å². The average Bonchev–Trinajstić information content (AvgIpc) is 3.36. The zero-order valence-corrected chi connectivity index (χ0v) is 17.7. The van der Waals surface area contributed by atoms with Gasteiger partial charge in [0.25, 0.3) is 0 Å². The van der Waals surface area contributed by atoms with Gasteiger partial charge in [-0.25, -0.2) is 9.37 Å². The first-order chi connectivity index (χ1) is 15.6. The van der Waals surface area contributed by atoms with Crippen LogP contribution in [0.2, 0.25) is 0 Å². The summed E-state index contributed by atoms with van der Waals surface area (Å²) in [6.07, 6.45) is 0.344. The molecule has 0 aliphatic carbocycles. The van der Waals surface area contributed by atoms with Gasteiger partial charge < -0.3 is 19.1 Å². The van der Waals surface area contributed by atoms with Gasteiger partial charge >= 0.3 is 0 Å². The lowest BCUT2D eigenvalue weighted by atomic mass is 10.1. The summed E-state index contributed by atoms with van der Waals surface area (Å²) < 4.78 is 20.5. The monoisotopic (exact) mass is 436 g/mol. The molecule has 0 spiro atoms. The first kappa shape index (κ1) is 20.6. The maximum Gasteiger partial charge on any atom is 0.242 e. The molecule has 2 amide bonds. The van der Waals surface area contributed by atoms with Gasteiger partial charge in [0.05, 0.1) is 24.2 Å². The highest BCUT2D eigenvalue weighted by atomic mass is 19.1. The molecule has 0 bridgehead atoms. The third-order valence-corrected chi connectivity index (χ3v) is 6.21. The van der Waals surface area contributed by atoms with Crippen LogP contribution in [0.4, 0.5) is 4.39 Å². The Morgan fingerprint density at radius 3 is 2.62 bits per heavy atom. The van der Waals surface area contributed by atoms with Crippen LogP contribution in [0.3, 0.4) is 0 Å². The zero-order chi connectivity index (χ0) is 22.1. The molecule has 8 heteroatoms. The molecule has 2 aromatic carbocycles. The van der Waals surface area contributed by atoms with Crippen molar-refractivity contribution < 1.29 is 18.7 Å². The van der Waals surface area contributed by atoms with E-state index in [1.54, 1.807) is 17.0 Å². The Bertz CT molecular complexity index is 1140. The fourth-order valence-electron chi connectivity index (χ4n) is 4.53. The Morgan fingerprint density at radius 2 is 1.84 bits per heavy atom. The van der Waals surface area contributed by atoms with Gasteiger partial charge in [0.1, 0.15) is 18.2 Å². The molecule has 1 aromatic heterocycles. The molecule has 2 aliphatic rings. The van der Waals surface area contributed by atoms with Crippen molar-refractivity contribution in [1.29, 1.82) is 0 Å². The number of morpholine rings is 1. The van der Waals surface area contributed by atoms with E-state index in [9.17, 15) is 14.0 Å². The van der Waals surface area contributed by atoms with E-state index in [0.29, 0.717) is 45.8 Å². The number of imidazole rings is 1. The molecule has 0 saturated carbocycles. The van der Waals surface area contributed by atoms with Gasteiger partial charge in [-0.05, 0) is 29.8 Å². The predicted molar refractivity (Wildman–Crippen MR) is 116 cm³/mol. The highest BCUT2D eigenvalue weighted by molar-refractivity contribution is 5.83. The molecule has 2 aliphatic heterocycles. The highest BCUT2D eigenvalue weighted by Crippen LogP contribution is 2.31. The number of nitrogens with zero attached hydrogens (tertiary/aromatic N) is 4. The van der Waals surface area contributed by atoms with E-state index < -0.39 is 0 Å². The molecule has 0 N–H and O–H groups in total. The molecule has 166 valence electrons. The Labute approximate surface area is 185 Å². The van der Waals surface area contributed by atoms with Gasteiger partial charge in [-0.15, -0.1) is 0 Å². The molecule has 3 aromatic rings. The van der Waals surface area contributed by atoms with Crippen LogP contribution < -0.4 is 0 Å². The number of ether oxygens (including phenoxy) is 1.